The van der Waals surface area contributed by atoms with Crippen molar-refractivity contribution >= 4 is 39.7 Å². The third kappa shape index (κ3) is 4.21. The SMILES string of the molecule is CC(=O)N1c2ccc(-c3ccc(N4CCS(O)(O)CC4)cc3)cc2N(C(=O)O)C[C@@H]1C. The summed E-state index contributed by atoms with van der Waals surface area (Å²) in [5.41, 5.74) is 3.92. The van der Waals surface area contributed by atoms with Crippen LogP contribution in [0.4, 0.5) is 21.9 Å². The van der Waals surface area contributed by atoms with E-state index in [1.807, 2.05) is 43.3 Å². The molecular weight excluding hydrogens is 418 g/mol. The van der Waals surface area contributed by atoms with E-state index in [4.69, 9.17) is 0 Å². The van der Waals surface area contributed by atoms with Gasteiger partial charge >= 0.3 is 6.09 Å². The smallest absolute Gasteiger partial charge is 0.411 e. The molecule has 2 heterocycles. The fraction of sp³-hybridized carbons (Fsp3) is 0.364. The van der Waals surface area contributed by atoms with Crippen LogP contribution >= 0.6 is 10.6 Å². The van der Waals surface area contributed by atoms with Crippen LogP contribution in [0.1, 0.15) is 13.8 Å². The fourth-order valence-corrected chi connectivity index (χ4v) is 5.54. The zero-order valence-corrected chi connectivity index (χ0v) is 18.4. The van der Waals surface area contributed by atoms with Gasteiger partial charge in [0.15, 0.2) is 0 Å². The van der Waals surface area contributed by atoms with Gasteiger partial charge in [-0.15, -0.1) is 0 Å². The van der Waals surface area contributed by atoms with E-state index >= 15 is 0 Å². The summed E-state index contributed by atoms with van der Waals surface area (Å²) in [6, 6.07) is 13.2. The highest BCUT2D eigenvalue weighted by Crippen LogP contribution is 2.42. The van der Waals surface area contributed by atoms with Crippen LogP contribution in [0.25, 0.3) is 11.1 Å². The number of rotatable bonds is 2. The fourth-order valence-electron chi connectivity index (χ4n) is 4.32. The van der Waals surface area contributed by atoms with E-state index in [9.17, 15) is 23.8 Å². The van der Waals surface area contributed by atoms with Gasteiger partial charge < -0.3 is 14.9 Å². The molecule has 0 bridgehead atoms. The zero-order chi connectivity index (χ0) is 22.3. The van der Waals surface area contributed by atoms with E-state index in [1.54, 1.807) is 11.0 Å². The predicted octanol–water partition coefficient (Wildman–Crippen LogP) is 4.16. The normalized spacial score (nSPS) is 21.4. The van der Waals surface area contributed by atoms with E-state index in [-0.39, 0.29) is 18.5 Å². The van der Waals surface area contributed by atoms with Crippen molar-refractivity contribution in [3.8, 4) is 11.1 Å². The summed E-state index contributed by atoms with van der Waals surface area (Å²) in [5.74, 6) is 0.653. The van der Waals surface area contributed by atoms with Crippen molar-refractivity contribution in [2.24, 2.45) is 0 Å². The third-order valence-corrected chi connectivity index (χ3v) is 7.60. The number of amides is 2. The van der Waals surface area contributed by atoms with Gasteiger partial charge in [-0.1, -0.05) is 18.2 Å². The van der Waals surface area contributed by atoms with Crippen molar-refractivity contribution in [3.05, 3.63) is 42.5 Å². The van der Waals surface area contributed by atoms with Gasteiger partial charge in [0.1, 0.15) is 0 Å². The number of fused-ring (bicyclic) bond motifs is 1. The molecule has 0 radical (unpaired) electrons. The van der Waals surface area contributed by atoms with E-state index in [0.29, 0.717) is 36.0 Å². The van der Waals surface area contributed by atoms with E-state index in [1.165, 1.54) is 11.8 Å². The van der Waals surface area contributed by atoms with Crippen LogP contribution in [0, 0.1) is 0 Å². The second-order valence-electron chi connectivity index (χ2n) is 8.08. The standard InChI is InChI=1S/C22H27N3O5S/c1-15-14-24(22(27)28)21-13-18(5-8-20(21)25(15)16(2)26)17-3-6-19(7-4-17)23-9-11-31(29,30)12-10-23/h3-8,13,15,29-30H,9-12,14H2,1-2H3,(H,27,28)/t15-/m0/s1. The molecule has 2 aromatic rings. The van der Waals surface area contributed by atoms with Gasteiger partial charge in [0.2, 0.25) is 5.91 Å². The molecule has 0 saturated carbocycles. The Morgan fingerprint density at radius 2 is 1.58 bits per heavy atom. The Morgan fingerprint density at radius 3 is 2.16 bits per heavy atom. The number of hydrogen-bond donors (Lipinski definition) is 3. The van der Waals surface area contributed by atoms with E-state index in [0.717, 1.165) is 16.8 Å². The number of carboxylic acid groups (broad SMARTS) is 1. The first-order valence-electron chi connectivity index (χ1n) is 10.2. The summed E-state index contributed by atoms with van der Waals surface area (Å²) >= 11 is 0. The van der Waals surface area contributed by atoms with Gasteiger partial charge in [0, 0.05) is 32.2 Å². The van der Waals surface area contributed by atoms with Crippen LogP contribution in [-0.4, -0.2) is 63.4 Å². The maximum atomic E-state index is 12.2. The lowest BCUT2D eigenvalue weighted by molar-refractivity contribution is -0.117. The molecule has 2 aliphatic rings. The Bertz CT molecular complexity index is 1000. The predicted molar refractivity (Wildman–Crippen MR) is 125 cm³/mol. The summed E-state index contributed by atoms with van der Waals surface area (Å²) in [4.78, 5) is 29.1. The number of nitrogens with zero attached hydrogens (tertiary/aromatic N) is 3. The van der Waals surface area contributed by atoms with Gasteiger partial charge in [0.25, 0.3) is 0 Å². The number of carbonyl (C=O) groups is 2. The molecule has 2 amide bonds. The van der Waals surface area contributed by atoms with Crippen molar-refractivity contribution < 1.29 is 23.8 Å². The number of benzene rings is 2. The highest BCUT2D eigenvalue weighted by atomic mass is 32.3. The summed E-state index contributed by atoms with van der Waals surface area (Å²) < 4.78 is 19.6. The summed E-state index contributed by atoms with van der Waals surface area (Å²) in [7, 11) is -2.43. The van der Waals surface area contributed by atoms with Gasteiger partial charge in [0.05, 0.1) is 28.9 Å². The van der Waals surface area contributed by atoms with Crippen LogP contribution in [0.5, 0.6) is 0 Å². The molecule has 1 fully saturated rings. The molecule has 0 unspecified atom stereocenters. The van der Waals surface area contributed by atoms with Crippen LogP contribution in [0.15, 0.2) is 42.5 Å². The summed E-state index contributed by atoms with van der Waals surface area (Å²) in [5, 5.41) is 9.69. The Balaban J connectivity index is 1.63. The number of anilines is 3. The highest BCUT2D eigenvalue weighted by molar-refractivity contribution is 8.24. The molecule has 166 valence electrons. The lowest BCUT2D eigenvalue weighted by atomic mass is 10.0. The van der Waals surface area contributed by atoms with Crippen molar-refractivity contribution in [2.75, 3.05) is 45.8 Å². The minimum Gasteiger partial charge on any atom is -0.465 e. The highest BCUT2D eigenvalue weighted by Gasteiger charge is 2.33. The van der Waals surface area contributed by atoms with Gasteiger partial charge in [-0.3, -0.25) is 18.8 Å². The minimum atomic E-state index is -2.43. The molecule has 1 saturated heterocycles. The molecule has 0 aromatic heterocycles. The van der Waals surface area contributed by atoms with Crippen LogP contribution in [0.3, 0.4) is 0 Å². The van der Waals surface area contributed by atoms with Gasteiger partial charge in [-0.25, -0.2) is 4.79 Å². The quantitative estimate of drug-likeness (QED) is 0.641. The van der Waals surface area contributed by atoms with Crippen molar-refractivity contribution in [1.29, 1.82) is 0 Å². The molecule has 4 rings (SSSR count). The second-order valence-corrected chi connectivity index (χ2v) is 10.5. The number of carbonyl (C=O) groups excluding carboxylic acids is 1. The topological polar surface area (TPSA) is 105 Å². The molecule has 9 heteroatoms. The average molecular weight is 446 g/mol. The van der Waals surface area contributed by atoms with E-state index < -0.39 is 16.7 Å². The summed E-state index contributed by atoms with van der Waals surface area (Å²) in [6.07, 6.45) is -1.04. The number of hydrogen-bond acceptors (Lipinski definition) is 5. The maximum Gasteiger partial charge on any atom is 0.411 e. The average Bonchev–Trinajstić information content (AvgIpc) is 2.72. The lowest BCUT2D eigenvalue weighted by Crippen LogP contribution is -2.51. The van der Waals surface area contributed by atoms with E-state index in [2.05, 4.69) is 4.90 Å². The van der Waals surface area contributed by atoms with Crippen molar-refractivity contribution in [3.63, 3.8) is 0 Å². The zero-order valence-electron chi connectivity index (χ0n) is 17.6. The Hall–Kier alpha value is -2.75. The summed E-state index contributed by atoms with van der Waals surface area (Å²) in [6.45, 7) is 4.76. The van der Waals surface area contributed by atoms with Gasteiger partial charge in [-0.2, -0.15) is 10.6 Å². The molecule has 1 atom stereocenters. The minimum absolute atomic E-state index is 0.117. The Kier molecular flexibility index (Phi) is 5.59. The third-order valence-electron chi connectivity index (χ3n) is 5.93. The van der Waals surface area contributed by atoms with Gasteiger partial charge in [-0.05, 0) is 42.3 Å². The Morgan fingerprint density at radius 1 is 0.968 bits per heavy atom. The van der Waals surface area contributed by atoms with Crippen LogP contribution in [-0.2, 0) is 4.79 Å². The first kappa shape index (κ1) is 21.5. The molecule has 2 aliphatic heterocycles. The molecule has 3 N–H and O–H groups in total. The monoisotopic (exact) mass is 445 g/mol. The molecule has 0 spiro atoms. The molecular formula is C22H27N3O5S. The second kappa shape index (κ2) is 8.07. The van der Waals surface area contributed by atoms with Crippen molar-refractivity contribution in [2.45, 2.75) is 19.9 Å². The molecule has 8 nitrogen and oxygen atoms in total. The molecule has 0 aliphatic carbocycles. The first-order valence-corrected chi connectivity index (χ1v) is 12.1. The Labute approximate surface area is 183 Å². The molecule has 2 aromatic carbocycles. The van der Waals surface area contributed by atoms with Crippen LogP contribution < -0.4 is 14.7 Å². The van der Waals surface area contributed by atoms with Crippen molar-refractivity contribution in [1.82, 2.24) is 0 Å². The maximum absolute atomic E-state index is 12.2. The molecule has 31 heavy (non-hydrogen) atoms. The largest absolute Gasteiger partial charge is 0.465 e. The first-order chi connectivity index (χ1) is 14.7. The van der Waals surface area contributed by atoms with Crippen LogP contribution in [0.2, 0.25) is 0 Å². The lowest BCUT2D eigenvalue weighted by Gasteiger charge is -2.42.